The van der Waals surface area contributed by atoms with Gasteiger partial charge < -0.3 is 15.5 Å². The van der Waals surface area contributed by atoms with Gasteiger partial charge in [0.2, 0.25) is 0 Å². The lowest BCUT2D eigenvalue weighted by Gasteiger charge is -2.11. The molecule has 0 aliphatic heterocycles. The second-order valence-corrected chi connectivity index (χ2v) is 4.58. The van der Waals surface area contributed by atoms with E-state index in [1.54, 1.807) is 6.07 Å². The number of methoxy groups -OCH3 is 1. The van der Waals surface area contributed by atoms with Crippen LogP contribution in [0.2, 0.25) is 10.0 Å². The van der Waals surface area contributed by atoms with Gasteiger partial charge in [0.1, 0.15) is 0 Å². The highest BCUT2D eigenvalue weighted by atomic mass is 35.5. The summed E-state index contributed by atoms with van der Waals surface area (Å²) in [6.07, 6.45) is 0. The van der Waals surface area contributed by atoms with Crippen LogP contribution in [0.5, 0.6) is 5.75 Å². The van der Waals surface area contributed by atoms with Gasteiger partial charge >= 0.3 is 0 Å². The van der Waals surface area contributed by atoms with Crippen LogP contribution in [0, 0.1) is 5.82 Å². The number of pyridine rings is 1. The minimum atomic E-state index is -0.500. The maximum absolute atomic E-state index is 13.6. The average Bonchev–Trinajstić information content (AvgIpc) is 2.42. The number of halogens is 3. The van der Waals surface area contributed by atoms with Crippen LogP contribution in [0.1, 0.15) is 0 Å². The van der Waals surface area contributed by atoms with E-state index in [-0.39, 0.29) is 21.6 Å². The SMILES string of the molecule is COc1ccc(Nc2nc(NN)c(Cl)cc2Cl)cc1F. The summed E-state index contributed by atoms with van der Waals surface area (Å²) >= 11 is 11.9. The highest BCUT2D eigenvalue weighted by Gasteiger charge is 2.10. The summed E-state index contributed by atoms with van der Waals surface area (Å²) in [6.45, 7) is 0. The van der Waals surface area contributed by atoms with E-state index >= 15 is 0 Å². The van der Waals surface area contributed by atoms with E-state index in [2.05, 4.69) is 15.7 Å². The predicted molar refractivity (Wildman–Crippen MR) is 78.3 cm³/mol. The number of nitrogens with two attached hydrogens (primary N) is 1. The Morgan fingerprint density at radius 3 is 2.50 bits per heavy atom. The Balaban J connectivity index is 2.32. The summed E-state index contributed by atoms with van der Waals surface area (Å²) in [6, 6.07) is 5.86. The van der Waals surface area contributed by atoms with E-state index in [0.29, 0.717) is 11.5 Å². The fourth-order valence-corrected chi connectivity index (χ4v) is 2.00. The summed E-state index contributed by atoms with van der Waals surface area (Å²) in [5, 5.41) is 3.44. The van der Waals surface area contributed by atoms with Gasteiger partial charge in [0, 0.05) is 11.8 Å². The van der Waals surface area contributed by atoms with Crippen LogP contribution < -0.4 is 21.3 Å². The van der Waals surface area contributed by atoms with Crippen LogP contribution in [0.3, 0.4) is 0 Å². The number of aromatic nitrogens is 1. The lowest BCUT2D eigenvalue weighted by atomic mass is 10.3. The Labute approximate surface area is 124 Å². The molecule has 1 heterocycles. The Kier molecular flexibility index (Phi) is 4.49. The molecule has 0 unspecified atom stereocenters. The van der Waals surface area contributed by atoms with Crippen molar-refractivity contribution in [3.63, 3.8) is 0 Å². The molecule has 5 nitrogen and oxygen atoms in total. The molecule has 2 rings (SSSR count). The highest BCUT2D eigenvalue weighted by Crippen LogP contribution is 2.31. The van der Waals surface area contributed by atoms with Crippen molar-refractivity contribution in [3.8, 4) is 5.75 Å². The largest absolute Gasteiger partial charge is 0.494 e. The van der Waals surface area contributed by atoms with E-state index in [9.17, 15) is 4.39 Å². The number of nitrogens with zero attached hydrogens (tertiary/aromatic N) is 1. The first-order valence-electron chi connectivity index (χ1n) is 5.48. The van der Waals surface area contributed by atoms with E-state index in [1.807, 2.05) is 0 Å². The minimum Gasteiger partial charge on any atom is -0.494 e. The molecule has 4 N–H and O–H groups in total. The van der Waals surface area contributed by atoms with Crippen molar-refractivity contribution in [1.82, 2.24) is 4.98 Å². The molecular weight excluding hydrogens is 306 g/mol. The van der Waals surface area contributed by atoms with Gasteiger partial charge in [-0.3, -0.25) is 0 Å². The van der Waals surface area contributed by atoms with E-state index in [1.165, 1.54) is 25.3 Å². The van der Waals surface area contributed by atoms with Crippen molar-refractivity contribution in [2.24, 2.45) is 5.84 Å². The zero-order valence-corrected chi connectivity index (χ0v) is 11.9. The van der Waals surface area contributed by atoms with Crippen molar-refractivity contribution < 1.29 is 9.13 Å². The number of hydrazine groups is 1. The van der Waals surface area contributed by atoms with E-state index in [4.69, 9.17) is 33.8 Å². The Morgan fingerprint density at radius 1 is 1.20 bits per heavy atom. The van der Waals surface area contributed by atoms with E-state index < -0.39 is 5.82 Å². The lowest BCUT2D eigenvalue weighted by molar-refractivity contribution is 0.386. The molecule has 0 spiro atoms. The van der Waals surface area contributed by atoms with Crippen LogP contribution in [-0.4, -0.2) is 12.1 Å². The molecule has 1 aromatic carbocycles. The number of anilines is 3. The number of rotatable bonds is 4. The van der Waals surface area contributed by atoms with E-state index in [0.717, 1.165) is 0 Å². The molecular formula is C12H11Cl2FN4O. The number of nitrogen functional groups attached to an aromatic ring is 1. The first-order valence-corrected chi connectivity index (χ1v) is 6.24. The topological polar surface area (TPSA) is 72.2 Å². The summed E-state index contributed by atoms with van der Waals surface area (Å²) < 4.78 is 18.4. The Bertz CT molecular complexity index is 639. The second kappa shape index (κ2) is 6.13. The molecule has 0 saturated heterocycles. The first kappa shape index (κ1) is 14.6. The second-order valence-electron chi connectivity index (χ2n) is 3.77. The molecule has 0 amide bonds. The fourth-order valence-electron chi connectivity index (χ4n) is 1.54. The average molecular weight is 317 g/mol. The third kappa shape index (κ3) is 3.04. The quantitative estimate of drug-likeness (QED) is 0.594. The monoisotopic (exact) mass is 316 g/mol. The standard InChI is InChI=1S/C12H11Cl2FN4O/c1-20-10-3-2-6(4-9(10)15)17-11-7(13)5-8(14)12(18-11)19-16/h2-5H,16H2,1H3,(H2,17,18,19). The third-order valence-electron chi connectivity index (χ3n) is 2.48. The van der Waals surface area contributed by atoms with Crippen molar-refractivity contribution in [3.05, 3.63) is 40.1 Å². The molecule has 0 saturated carbocycles. The first-order chi connectivity index (χ1) is 9.55. The normalized spacial score (nSPS) is 10.2. The molecule has 0 bridgehead atoms. The summed E-state index contributed by atoms with van der Waals surface area (Å²) in [4.78, 5) is 4.09. The van der Waals surface area contributed by atoms with Crippen molar-refractivity contribution in [2.45, 2.75) is 0 Å². The molecule has 2 aromatic rings. The lowest BCUT2D eigenvalue weighted by Crippen LogP contribution is -2.10. The number of ether oxygens (including phenoxy) is 1. The predicted octanol–water partition coefficient (Wildman–Crippen LogP) is 3.57. The van der Waals surface area contributed by atoms with Crippen LogP contribution >= 0.6 is 23.2 Å². The molecule has 0 aliphatic rings. The zero-order chi connectivity index (χ0) is 14.7. The molecule has 106 valence electrons. The van der Waals surface area contributed by atoms with Gasteiger partial charge in [0.05, 0.1) is 17.2 Å². The van der Waals surface area contributed by atoms with Gasteiger partial charge in [0.25, 0.3) is 0 Å². The van der Waals surface area contributed by atoms with Crippen LogP contribution in [0.4, 0.5) is 21.7 Å². The number of hydrogen-bond acceptors (Lipinski definition) is 5. The molecule has 0 radical (unpaired) electrons. The van der Waals surface area contributed by atoms with Crippen molar-refractivity contribution in [1.29, 1.82) is 0 Å². The molecule has 0 fully saturated rings. The van der Waals surface area contributed by atoms with Gasteiger partial charge in [-0.15, -0.1) is 0 Å². The summed E-state index contributed by atoms with van der Waals surface area (Å²) in [7, 11) is 1.39. The number of hydrogen-bond donors (Lipinski definition) is 3. The van der Waals surface area contributed by atoms with Gasteiger partial charge in [0.15, 0.2) is 23.2 Å². The maximum Gasteiger partial charge on any atom is 0.167 e. The van der Waals surface area contributed by atoms with Gasteiger partial charge in [-0.2, -0.15) is 0 Å². The highest BCUT2D eigenvalue weighted by molar-refractivity contribution is 6.37. The smallest absolute Gasteiger partial charge is 0.167 e. The molecule has 0 aliphatic carbocycles. The Hall–Kier alpha value is -1.76. The van der Waals surface area contributed by atoms with Gasteiger partial charge in [-0.1, -0.05) is 23.2 Å². The maximum atomic E-state index is 13.6. The summed E-state index contributed by atoms with van der Waals surface area (Å²) in [5.41, 5.74) is 2.80. The molecule has 1 aromatic heterocycles. The van der Waals surface area contributed by atoms with Gasteiger partial charge in [-0.05, 0) is 18.2 Å². The molecule has 8 heteroatoms. The van der Waals surface area contributed by atoms with Crippen LogP contribution in [0.25, 0.3) is 0 Å². The van der Waals surface area contributed by atoms with Gasteiger partial charge in [-0.25, -0.2) is 15.2 Å². The number of nitrogens with one attached hydrogen (secondary N) is 2. The summed E-state index contributed by atoms with van der Waals surface area (Å²) in [5.74, 6) is 5.49. The zero-order valence-electron chi connectivity index (χ0n) is 10.4. The Morgan fingerprint density at radius 2 is 1.90 bits per heavy atom. The fraction of sp³-hybridized carbons (Fsp3) is 0.0833. The minimum absolute atomic E-state index is 0.148. The van der Waals surface area contributed by atoms with Crippen LogP contribution in [0.15, 0.2) is 24.3 Å². The van der Waals surface area contributed by atoms with Crippen LogP contribution in [-0.2, 0) is 0 Å². The third-order valence-corrected chi connectivity index (χ3v) is 3.06. The number of benzene rings is 1. The van der Waals surface area contributed by atoms with Crippen molar-refractivity contribution >= 4 is 40.5 Å². The molecule has 0 atom stereocenters. The van der Waals surface area contributed by atoms with Crippen molar-refractivity contribution in [2.75, 3.05) is 17.9 Å². The molecule has 20 heavy (non-hydrogen) atoms.